The molecule has 6 nitrogen and oxygen atoms in total. The molecular weight excluding hydrogens is 549 g/mol. The van der Waals surface area contributed by atoms with Gasteiger partial charge in [-0.05, 0) is 56.7 Å². The number of nitrogens with one attached hydrogen (secondary N) is 1. The zero-order valence-electron chi connectivity index (χ0n) is 23.1. The lowest BCUT2D eigenvalue weighted by atomic mass is 9.98. The fourth-order valence-corrected chi connectivity index (χ4v) is 5.85. The summed E-state index contributed by atoms with van der Waals surface area (Å²) in [7, 11) is 1.63. The van der Waals surface area contributed by atoms with Crippen LogP contribution >= 0.6 is 23.1 Å². The van der Waals surface area contributed by atoms with E-state index in [1.54, 1.807) is 7.11 Å². The Morgan fingerprint density at radius 1 is 0.902 bits per heavy atom. The first-order valence-electron chi connectivity index (χ1n) is 13.0. The third-order valence-corrected chi connectivity index (χ3v) is 8.43. The van der Waals surface area contributed by atoms with E-state index in [0.717, 1.165) is 39.3 Å². The molecule has 5 aromatic rings. The maximum absolute atomic E-state index is 13.2. The number of rotatable bonds is 8. The fourth-order valence-electron chi connectivity index (χ4n) is 4.20. The smallest absolute Gasteiger partial charge is 0.239 e. The van der Waals surface area contributed by atoms with Crippen molar-refractivity contribution in [3.05, 3.63) is 101 Å². The van der Waals surface area contributed by atoms with Gasteiger partial charge in [-0.15, -0.1) is 11.3 Å². The number of ether oxygens (including phenoxy) is 1. The topological polar surface area (TPSA) is 87.9 Å². The molecule has 0 aliphatic carbocycles. The number of nitrogens with zero attached hydrogens (tertiary/aromatic N) is 3. The predicted molar refractivity (Wildman–Crippen MR) is 167 cm³/mol. The Balaban J connectivity index is 1.44. The minimum absolute atomic E-state index is 0.211. The normalized spacial score (nSPS) is 11.5. The molecule has 0 saturated carbocycles. The first-order valence-corrected chi connectivity index (χ1v) is 14.8. The summed E-state index contributed by atoms with van der Waals surface area (Å²) >= 11 is 2.64. The monoisotopic (exact) mass is 576 g/mol. The summed E-state index contributed by atoms with van der Waals surface area (Å²) in [4.78, 5) is 22.7. The SMILES string of the molecule is COc1ccc(-c2cc(-c3ccc(C)cc3)c(C#N)c(SC(C)C(=O)Nc3nc(-c4ccc(C)cc4)cs3)n2)cc1. The van der Waals surface area contributed by atoms with Gasteiger partial charge in [0, 0.05) is 22.1 Å². The number of amides is 1. The largest absolute Gasteiger partial charge is 0.497 e. The van der Waals surface area contributed by atoms with E-state index >= 15 is 0 Å². The average Bonchev–Trinajstić information content (AvgIpc) is 3.46. The van der Waals surface area contributed by atoms with E-state index in [1.165, 1.54) is 28.7 Å². The summed E-state index contributed by atoms with van der Waals surface area (Å²) in [6.45, 7) is 5.87. The molecule has 1 amide bonds. The molecule has 0 spiro atoms. The molecule has 204 valence electrons. The Kier molecular flexibility index (Phi) is 8.48. The van der Waals surface area contributed by atoms with Gasteiger partial charge in [0.15, 0.2) is 5.13 Å². The van der Waals surface area contributed by atoms with Crippen LogP contribution in [0.2, 0.25) is 0 Å². The minimum atomic E-state index is -0.529. The standard InChI is InChI=1S/C33H28N4O2S2/c1-20-5-9-23(10-6-20)27-17-29(24-13-15-26(39-4)16-14-24)35-32(28(27)18-34)41-22(3)31(38)37-33-36-30(19-40-33)25-11-7-21(2)8-12-25/h5-17,19,22H,1-4H3,(H,36,37,38). The van der Waals surface area contributed by atoms with Crippen molar-refractivity contribution in [3.8, 4) is 45.5 Å². The Hall–Kier alpha value is -4.45. The summed E-state index contributed by atoms with van der Waals surface area (Å²) in [6, 6.07) is 28.1. The van der Waals surface area contributed by atoms with Gasteiger partial charge in [-0.3, -0.25) is 4.79 Å². The number of anilines is 1. The van der Waals surface area contributed by atoms with E-state index in [1.807, 2.05) is 105 Å². The quantitative estimate of drug-likeness (QED) is 0.188. The Bertz CT molecular complexity index is 1720. The van der Waals surface area contributed by atoms with Crippen molar-refractivity contribution >= 4 is 34.1 Å². The molecule has 0 aliphatic rings. The van der Waals surface area contributed by atoms with E-state index in [4.69, 9.17) is 9.72 Å². The highest BCUT2D eigenvalue weighted by atomic mass is 32.2. The van der Waals surface area contributed by atoms with Gasteiger partial charge in [0.05, 0.1) is 29.3 Å². The number of hydrogen-bond acceptors (Lipinski definition) is 7. The second-order valence-corrected chi connectivity index (χ2v) is 11.8. The summed E-state index contributed by atoms with van der Waals surface area (Å²) in [5.41, 5.74) is 7.83. The third-order valence-electron chi connectivity index (χ3n) is 6.59. The van der Waals surface area contributed by atoms with Crippen LogP contribution in [0.25, 0.3) is 33.6 Å². The number of pyridine rings is 1. The molecule has 0 fully saturated rings. The molecule has 1 N–H and O–H groups in total. The first-order chi connectivity index (χ1) is 19.8. The summed E-state index contributed by atoms with van der Waals surface area (Å²) in [5.74, 6) is 0.533. The number of aryl methyl sites for hydroxylation is 2. The number of thioether (sulfide) groups is 1. The maximum atomic E-state index is 13.2. The van der Waals surface area contributed by atoms with Crippen molar-refractivity contribution in [3.63, 3.8) is 0 Å². The van der Waals surface area contributed by atoms with E-state index in [0.29, 0.717) is 21.4 Å². The molecule has 1 atom stereocenters. The van der Waals surface area contributed by atoms with Crippen LogP contribution in [-0.4, -0.2) is 28.2 Å². The van der Waals surface area contributed by atoms with Gasteiger partial charge in [0.2, 0.25) is 5.91 Å². The summed E-state index contributed by atoms with van der Waals surface area (Å²) in [6.07, 6.45) is 0. The van der Waals surface area contributed by atoms with Crippen LogP contribution in [-0.2, 0) is 4.79 Å². The second kappa shape index (κ2) is 12.4. The van der Waals surface area contributed by atoms with Crippen LogP contribution in [0, 0.1) is 25.2 Å². The lowest BCUT2D eigenvalue weighted by Gasteiger charge is -2.15. The molecule has 5 rings (SSSR count). The van der Waals surface area contributed by atoms with Crippen LogP contribution in [0.5, 0.6) is 5.75 Å². The van der Waals surface area contributed by atoms with E-state index in [2.05, 4.69) is 16.4 Å². The van der Waals surface area contributed by atoms with Crippen molar-refractivity contribution in [2.75, 3.05) is 12.4 Å². The molecule has 41 heavy (non-hydrogen) atoms. The summed E-state index contributed by atoms with van der Waals surface area (Å²) < 4.78 is 5.31. The van der Waals surface area contributed by atoms with Crippen molar-refractivity contribution in [2.45, 2.75) is 31.0 Å². The van der Waals surface area contributed by atoms with Crippen molar-refractivity contribution in [1.82, 2.24) is 9.97 Å². The fraction of sp³-hybridized carbons (Fsp3) is 0.152. The third kappa shape index (κ3) is 6.49. The zero-order chi connectivity index (χ0) is 28.9. The van der Waals surface area contributed by atoms with Gasteiger partial charge in [0.25, 0.3) is 0 Å². The van der Waals surface area contributed by atoms with Crippen LogP contribution in [0.15, 0.2) is 89.3 Å². The first kappa shape index (κ1) is 28.1. The molecule has 0 saturated heterocycles. The average molecular weight is 577 g/mol. The van der Waals surface area contributed by atoms with Gasteiger partial charge >= 0.3 is 0 Å². The highest BCUT2D eigenvalue weighted by Gasteiger charge is 2.22. The highest BCUT2D eigenvalue weighted by molar-refractivity contribution is 8.00. The second-order valence-electron chi connectivity index (χ2n) is 9.59. The Morgan fingerprint density at radius 3 is 2.10 bits per heavy atom. The lowest BCUT2D eigenvalue weighted by molar-refractivity contribution is -0.115. The lowest BCUT2D eigenvalue weighted by Crippen LogP contribution is -2.22. The van der Waals surface area contributed by atoms with Crippen molar-refractivity contribution in [2.24, 2.45) is 0 Å². The number of thiazole rings is 1. The number of nitriles is 1. The van der Waals surface area contributed by atoms with Gasteiger partial charge < -0.3 is 10.1 Å². The number of aromatic nitrogens is 2. The van der Waals surface area contributed by atoms with Gasteiger partial charge in [0.1, 0.15) is 16.8 Å². The molecule has 8 heteroatoms. The van der Waals surface area contributed by atoms with Gasteiger partial charge in [-0.25, -0.2) is 9.97 Å². The maximum Gasteiger partial charge on any atom is 0.239 e. The van der Waals surface area contributed by atoms with Crippen molar-refractivity contribution in [1.29, 1.82) is 5.26 Å². The number of benzene rings is 3. The molecular formula is C33H28N4O2S2. The molecule has 1 unspecified atom stereocenters. The van der Waals surface area contributed by atoms with Crippen LogP contribution < -0.4 is 10.1 Å². The molecule has 0 bridgehead atoms. The van der Waals surface area contributed by atoms with E-state index in [-0.39, 0.29) is 5.91 Å². The van der Waals surface area contributed by atoms with Gasteiger partial charge in [-0.1, -0.05) is 71.4 Å². The number of hydrogen-bond donors (Lipinski definition) is 1. The van der Waals surface area contributed by atoms with E-state index in [9.17, 15) is 10.1 Å². The van der Waals surface area contributed by atoms with Gasteiger partial charge in [-0.2, -0.15) is 5.26 Å². The number of methoxy groups -OCH3 is 1. The van der Waals surface area contributed by atoms with Crippen LogP contribution in [0.4, 0.5) is 5.13 Å². The van der Waals surface area contributed by atoms with Crippen LogP contribution in [0.1, 0.15) is 23.6 Å². The Morgan fingerprint density at radius 2 is 1.49 bits per heavy atom. The molecule has 3 aromatic carbocycles. The zero-order valence-corrected chi connectivity index (χ0v) is 24.8. The highest BCUT2D eigenvalue weighted by Crippen LogP contribution is 2.36. The number of carbonyl (C=O) groups is 1. The van der Waals surface area contributed by atoms with Crippen molar-refractivity contribution < 1.29 is 9.53 Å². The molecule has 2 aromatic heterocycles. The molecule has 0 aliphatic heterocycles. The number of carbonyl (C=O) groups excluding carboxylic acids is 1. The molecule has 2 heterocycles. The predicted octanol–water partition coefficient (Wildman–Crippen LogP) is 8.16. The van der Waals surface area contributed by atoms with E-state index < -0.39 is 5.25 Å². The Labute approximate surface area is 248 Å². The molecule has 0 radical (unpaired) electrons. The summed E-state index contributed by atoms with van der Waals surface area (Å²) in [5, 5.41) is 15.6. The van der Waals surface area contributed by atoms with Crippen LogP contribution in [0.3, 0.4) is 0 Å². The minimum Gasteiger partial charge on any atom is -0.497 e.